The Labute approximate surface area is 654 Å². The van der Waals surface area contributed by atoms with Gasteiger partial charge >= 0.3 is 0 Å². The fraction of sp³-hybridized carbons (Fsp3) is 0. The molecular weight excluding hydrogens is 1390 g/mol. The monoisotopic (exact) mass is 1450 g/mol. The largest absolute Gasteiger partial charge is 0.456 e. The van der Waals surface area contributed by atoms with Crippen LogP contribution in [0.15, 0.2) is 418 Å². The second kappa shape index (κ2) is 26.2. The standard InChI is InChI=1S/2C54H33NO2/c1-4-14-34(15-5-1)37-26-30-46-44(32-37)45-33-38(35-16-6-2-7-17-35)27-31-47(45)55(46)48-23-12-22-43-52-41(29-28-39(54(52)57-53(43)48)36-18-8-3-9-19-36)40-21-13-25-50-51(40)42-20-10-11-24-49(42)56-50;1-4-13-34(14-5-1)37-23-28-47-44(31-37)45-32-38(35-15-6-2-7-16-35)24-29-48(45)55(47)49-21-12-20-43-52-40(26-27-41(54(52)57-53(43)49)36-17-8-3-9-18-36)39-25-30-51-46(33-39)42-19-10-11-22-50(42)56-51/h2*1-33H. The Hall–Kier alpha value is -15.2. The van der Waals surface area contributed by atoms with Gasteiger partial charge in [-0.15, -0.1) is 0 Å². The van der Waals surface area contributed by atoms with Crippen molar-refractivity contribution in [2.45, 2.75) is 0 Å². The van der Waals surface area contributed by atoms with Gasteiger partial charge in [-0.1, -0.05) is 297 Å². The van der Waals surface area contributed by atoms with Crippen molar-refractivity contribution in [2.24, 2.45) is 0 Å². The molecule has 114 heavy (non-hydrogen) atoms. The van der Waals surface area contributed by atoms with Gasteiger partial charge in [-0.3, -0.25) is 0 Å². The molecule has 6 heterocycles. The third-order valence-electron chi connectivity index (χ3n) is 23.2. The molecule has 0 unspecified atom stereocenters. The Morgan fingerprint density at radius 2 is 0.465 bits per heavy atom. The summed E-state index contributed by atoms with van der Waals surface area (Å²) in [6.07, 6.45) is 0. The van der Waals surface area contributed by atoms with Gasteiger partial charge in [0.1, 0.15) is 33.5 Å². The number of nitrogens with zero attached hydrogens (tertiary/aromatic N) is 2. The molecule has 0 aliphatic heterocycles. The van der Waals surface area contributed by atoms with Gasteiger partial charge < -0.3 is 26.8 Å². The van der Waals surface area contributed by atoms with Gasteiger partial charge in [0.05, 0.1) is 33.4 Å². The summed E-state index contributed by atoms with van der Waals surface area (Å²) in [5.41, 5.74) is 31.8. The minimum atomic E-state index is 0.847. The smallest absolute Gasteiger partial charge is 0.159 e. The summed E-state index contributed by atoms with van der Waals surface area (Å²) < 4.78 is 31.9. The third kappa shape index (κ3) is 10.4. The van der Waals surface area contributed by atoms with Gasteiger partial charge in [0.15, 0.2) is 11.2 Å². The number of fused-ring (bicyclic) bond motifs is 18. The van der Waals surface area contributed by atoms with Crippen molar-refractivity contribution < 1.29 is 17.7 Å². The number of rotatable bonds is 10. The lowest BCUT2D eigenvalue weighted by Crippen LogP contribution is -1.94. The van der Waals surface area contributed by atoms with Crippen LogP contribution in [-0.4, -0.2) is 9.13 Å². The molecule has 6 nitrogen and oxygen atoms in total. The molecule has 24 aromatic rings. The summed E-state index contributed by atoms with van der Waals surface area (Å²) in [6.45, 7) is 0. The number of hydrogen-bond donors (Lipinski definition) is 0. The van der Waals surface area contributed by atoms with Gasteiger partial charge in [0.2, 0.25) is 0 Å². The van der Waals surface area contributed by atoms with E-state index in [4.69, 9.17) is 17.7 Å². The summed E-state index contributed by atoms with van der Waals surface area (Å²) in [5.74, 6) is 0. The van der Waals surface area contributed by atoms with Crippen LogP contribution >= 0.6 is 0 Å². The number of benzene rings is 18. The van der Waals surface area contributed by atoms with Crippen molar-refractivity contribution in [2.75, 3.05) is 0 Å². The van der Waals surface area contributed by atoms with E-state index in [1.54, 1.807) is 0 Å². The first-order valence-electron chi connectivity index (χ1n) is 38.8. The van der Waals surface area contributed by atoms with Crippen LogP contribution in [0.2, 0.25) is 0 Å². The SMILES string of the molecule is c1ccc(-c2ccc3c(c2)c2cc(-c4ccccc4)ccc2n3-c2cccc3c2oc2c(-c4ccccc4)ccc(-c4ccc5oc6ccccc6c5c4)c23)cc1.c1ccc(-c2ccc3c(c2)c2cc(-c4ccccc4)ccc2n3-c2cccc3c2oc2c(-c4ccccc4)ccc(-c4cccc5oc6ccccc6c45)c23)cc1. The molecule has 6 aromatic heterocycles. The number of hydrogen-bond acceptors (Lipinski definition) is 4. The summed E-state index contributed by atoms with van der Waals surface area (Å²) in [5, 5.41) is 13.5. The average molecular weight is 1460 g/mol. The lowest BCUT2D eigenvalue weighted by Gasteiger charge is -2.10. The lowest BCUT2D eigenvalue weighted by atomic mass is 9.92. The van der Waals surface area contributed by atoms with E-state index in [1.165, 1.54) is 66.1 Å². The first-order valence-corrected chi connectivity index (χ1v) is 38.8. The average Bonchev–Trinajstić information content (AvgIpc) is 1.56. The molecule has 0 spiro atoms. The maximum Gasteiger partial charge on any atom is 0.159 e. The highest BCUT2D eigenvalue weighted by Gasteiger charge is 2.27. The van der Waals surface area contributed by atoms with E-state index in [-0.39, 0.29) is 0 Å². The first kappa shape index (κ1) is 64.7. The Kier molecular flexibility index (Phi) is 14.9. The van der Waals surface area contributed by atoms with Crippen LogP contribution in [0, 0.1) is 0 Å². The van der Waals surface area contributed by atoms with Crippen LogP contribution in [0.1, 0.15) is 0 Å². The highest BCUT2D eigenvalue weighted by Crippen LogP contribution is 2.50. The zero-order chi connectivity index (χ0) is 74.9. The molecule has 0 saturated heterocycles. The normalized spacial score (nSPS) is 11.9. The van der Waals surface area contributed by atoms with Gasteiger partial charge in [-0.25, -0.2) is 0 Å². The summed E-state index contributed by atoms with van der Waals surface area (Å²) in [6, 6.07) is 143. The molecule has 0 atom stereocenters. The molecule has 6 heteroatoms. The third-order valence-corrected chi connectivity index (χ3v) is 23.2. The van der Waals surface area contributed by atoms with E-state index in [9.17, 15) is 0 Å². The molecule has 0 fully saturated rings. The maximum absolute atomic E-state index is 7.28. The predicted octanol–water partition coefficient (Wildman–Crippen LogP) is 30.5. The Morgan fingerprint density at radius 3 is 0.921 bits per heavy atom. The van der Waals surface area contributed by atoms with Gasteiger partial charge in [0.25, 0.3) is 0 Å². The minimum Gasteiger partial charge on any atom is -0.456 e. The zero-order valence-corrected chi connectivity index (χ0v) is 61.6. The Balaban J connectivity index is 0.000000135. The maximum atomic E-state index is 7.28. The fourth-order valence-electron chi connectivity index (χ4n) is 18.0. The van der Waals surface area contributed by atoms with Gasteiger partial charge in [0, 0.05) is 75.8 Å². The second-order valence-electron chi connectivity index (χ2n) is 29.6. The van der Waals surface area contributed by atoms with Gasteiger partial charge in [-0.2, -0.15) is 0 Å². The van der Waals surface area contributed by atoms with E-state index in [0.29, 0.717) is 0 Å². The number of para-hydroxylation sites is 4. The van der Waals surface area contributed by atoms with Gasteiger partial charge in [-0.05, 0) is 181 Å². The van der Waals surface area contributed by atoms with Crippen molar-refractivity contribution in [3.05, 3.63) is 400 Å². The summed E-state index contributed by atoms with van der Waals surface area (Å²) in [4.78, 5) is 0. The van der Waals surface area contributed by atoms with E-state index in [2.05, 4.69) is 385 Å². The molecule has 0 amide bonds. The molecule has 0 saturated carbocycles. The Morgan fingerprint density at radius 1 is 0.149 bits per heavy atom. The number of furan rings is 4. The molecule has 532 valence electrons. The van der Waals surface area contributed by atoms with Crippen LogP contribution < -0.4 is 0 Å². The fourth-order valence-corrected chi connectivity index (χ4v) is 18.0. The topological polar surface area (TPSA) is 62.4 Å². The van der Waals surface area contributed by atoms with Crippen LogP contribution in [0.4, 0.5) is 0 Å². The molecule has 18 aromatic carbocycles. The highest BCUT2D eigenvalue weighted by atomic mass is 16.3. The van der Waals surface area contributed by atoms with E-state index < -0.39 is 0 Å². The predicted molar refractivity (Wildman–Crippen MR) is 474 cm³/mol. The summed E-state index contributed by atoms with van der Waals surface area (Å²) in [7, 11) is 0. The molecular formula is C108H66N2O4. The molecule has 0 N–H and O–H groups in total. The number of aromatic nitrogens is 2. The quantitative estimate of drug-likeness (QED) is 0.137. The first-order chi connectivity index (χ1) is 56.5. The van der Waals surface area contributed by atoms with Crippen molar-refractivity contribution in [3.63, 3.8) is 0 Å². The van der Waals surface area contributed by atoms with Crippen LogP contribution in [0.3, 0.4) is 0 Å². The van der Waals surface area contributed by atoms with Crippen molar-refractivity contribution in [1.29, 1.82) is 0 Å². The van der Waals surface area contributed by atoms with Crippen LogP contribution in [0.25, 0.3) is 232 Å². The van der Waals surface area contributed by atoms with Crippen molar-refractivity contribution >= 4 is 131 Å². The minimum absolute atomic E-state index is 0.847. The van der Waals surface area contributed by atoms with Crippen molar-refractivity contribution in [1.82, 2.24) is 9.13 Å². The van der Waals surface area contributed by atoms with Crippen molar-refractivity contribution in [3.8, 4) is 100 Å². The second-order valence-corrected chi connectivity index (χ2v) is 29.6. The van der Waals surface area contributed by atoms with E-state index >= 15 is 0 Å². The molecule has 24 rings (SSSR count). The highest BCUT2D eigenvalue weighted by molar-refractivity contribution is 6.24. The van der Waals surface area contributed by atoms with Crippen LogP contribution in [-0.2, 0) is 0 Å². The molecule has 0 aliphatic rings. The molecule has 0 aliphatic carbocycles. The summed E-state index contributed by atoms with van der Waals surface area (Å²) >= 11 is 0. The van der Waals surface area contributed by atoms with Crippen LogP contribution in [0.5, 0.6) is 0 Å². The Bertz CT molecular complexity index is 7750. The van der Waals surface area contributed by atoms with E-state index in [0.717, 1.165) is 166 Å². The lowest BCUT2D eigenvalue weighted by molar-refractivity contribution is 0.667. The zero-order valence-electron chi connectivity index (χ0n) is 61.6. The molecule has 0 bridgehead atoms. The van der Waals surface area contributed by atoms with E-state index in [1.807, 2.05) is 24.3 Å². The molecule has 0 radical (unpaired) electrons.